The predicted molar refractivity (Wildman–Crippen MR) is 88.8 cm³/mol. The van der Waals surface area contributed by atoms with Gasteiger partial charge in [-0.15, -0.1) is 0 Å². The molecular formula is C20H19N. The molecule has 1 heterocycles. The topological polar surface area (TPSA) is 3.24 Å². The van der Waals surface area contributed by atoms with Gasteiger partial charge in [0.15, 0.2) is 0 Å². The van der Waals surface area contributed by atoms with Crippen molar-refractivity contribution in [2.24, 2.45) is 0 Å². The number of hydrogen-bond donors (Lipinski definition) is 0. The molecule has 0 amide bonds. The Morgan fingerprint density at radius 3 is 2.38 bits per heavy atom. The van der Waals surface area contributed by atoms with Gasteiger partial charge in [0.05, 0.1) is 5.69 Å². The molecule has 104 valence electrons. The summed E-state index contributed by atoms with van der Waals surface area (Å²) in [6.45, 7) is 4.66. The Hall–Kier alpha value is -2.28. The van der Waals surface area contributed by atoms with E-state index in [9.17, 15) is 0 Å². The minimum absolute atomic E-state index is 0.0736. The van der Waals surface area contributed by atoms with Gasteiger partial charge in [-0.1, -0.05) is 62.4 Å². The van der Waals surface area contributed by atoms with Gasteiger partial charge < -0.3 is 4.90 Å². The van der Waals surface area contributed by atoms with Crippen molar-refractivity contribution in [1.29, 1.82) is 0 Å². The molecule has 0 fully saturated rings. The van der Waals surface area contributed by atoms with Crippen LogP contribution in [0.25, 0.3) is 0 Å². The van der Waals surface area contributed by atoms with Crippen molar-refractivity contribution in [3.63, 3.8) is 0 Å². The van der Waals surface area contributed by atoms with Crippen molar-refractivity contribution < 1.29 is 0 Å². The zero-order chi connectivity index (χ0) is 14.4. The first-order chi connectivity index (χ1) is 10.2. The third kappa shape index (κ3) is 1.70. The predicted octanol–water partition coefficient (Wildman–Crippen LogP) is 5.33. The summed E-state index contributed by atoms with van der Waals surface area (Å²) in [6.07, 6.45) is 5.76. The van der Waals surface area contributed by atoms with Crippen LogP contribution in [0.5, 0.6) is 0 Å². The number of anilines is 2. The molecule has 0 N–H and O–H groups in total. The van der Waals surface area contributed by atoms with Crippen molar-refractivity contribution in [1.82, 2.24) is 0 Å². The van der Waals surface area contributed by atoms with E-state index in [1.807, 2.05) is 0 Å². The highest BCUT2D eigenvalue weighted by Crippen LogP contribution is 2.51. The molecule has 21 heavy (non-hydrogen) atoms. The Kier molecular flexibility index (Phi) is 2.58. The Bertz CT molecular complexity index is 750. The van der Waals surface area contributed by atoms with Gasteiger partial charge in [-0.25, -0.2) is 0 Å². The van der Waals surface area contributed by atoms with Crippen LogP contribution in [0.1, 0.15) is 25.8 Å². The molecule has 2 aromatic rings. The van der Waals surface area contributed by atoms with Crippen molar-refractivity contribution in [2.45, 2.75) is 25.7 Å². The molecule has 1 aliphatic carbocycles. The highest BCUT2D eigenvalue weighted by molar-refractivity contribution is 5.80. The quantitative estimate of drug-likeness (QED) is 0.678. The molecule has 0 saturated carbocycles. The molecule has 2 aliphatic rings. The molecule has 1 heteroatoms. The van der Waals surface area contributed by atoms with Crippen molar-refractivity contribution in [3.8, 4) is 0 Å². The second kappa shape index (κ2) is 4.36. The second-order valence-corrected chi connectivity index (χ2v) is 6.26. The lowest BCUT2D eigenvalue weighted by atomic mass is 9.73. The summed E-state index contributed by atoms with van der Waals surface area (Å²) in [7, 11) is 0. The summed E-state index contributed by atoms with van der Waals surface area (Å²) in [4.78, 5) is 2.40. The minimum atomic E-state index is 0.0736. The van der Waals surface area contributed by atoms with E-state index in [0.29, 0.717) is 0 Å². The molecule has 0 spiro atoms. The normalized spacial score (nSPS) is 18.7. The van der Waals surface area contributed by atoms with Gasteiger partial charge in [0.2, 0.25) is 0 Å². The lowest BCUT2D eigenvalue weighted by molar-refractivity contribution is 0.615. The van der Waals surface area contributed by atoms with E-state index >= 15 is 0 Å². The van der Waals surface area contributed by atoms with E-state index in [4.69, 9.17) is 0 Å². The van der Waals surface area contributed by atoms with Crippen molar-refractivity contribution in [2.75, 3.05) is 4.90 Å². The van der Waals surface area contributed by atoms with E-state index in [-0.39, 0.29) is 5.41 Å². The molecule has 2 aromatic carbocycles. The van der Waals surface area contributed by atoms with Gasteiger partial charge in [-0.3, -0.25) is 0 Å². The van der Waals surface area contributed by atoms with Gasteiger partial charge in [0.1, 0.15) is 0 Å². The second-order valence-electron chi connectivity index (χ2n) is 6.26. The number of allylic oxidation sites excluding steroid dienone is 3. The minimum Gasteiger partial charge on any atom is -0.310 e. The van der Waals surface area contributed by atoms with E-state index in [0.717, 1.165) is 6.42 Å². The fraction of sp³-hybridized carbons (Fsp3) is 0.200. The number of fused-ring (bicyclic) bond motifs is 2. The number of benzene rings is 2. The van der Waals surface area contributed by atoms with Crippen molar-refractivity contribution in [3.05, 3.63) is 83.6 Å². The molecule has 0 unspecified atom stereocenters. The average molecular weight is 273 g/mol. The van der Waals surface area contributed by atoms with Gasteiger partial charge in [-0.2, -0.15) is 0 Å². The number of nitrogens with zero attached hydrogens (tertiary/aromatic N) is 1. The molecule has 0 bridgehead atoms. The number of para-hydroxylation sites is 2. The van der Waals surface area contributed by atoms with Crippen LogP contribution >= 0.6 is 0 Å². The highest BCUT2D eigenvalue weighted by atomic mass is 15.2. The largest absolute Gasteiger partial charge is 0.310 e. The van der Waals surface area contributed by atoms with E-state index in [1.54, 1.807) is 0 Å². The Labute approximate surface area is 126 Å². The first kappa shape index (κ1) is 12.5. The fourth-order valence-electron chi connectivity index (χ4n) is 3.62. The molecule has 0 radical (unpaired) electrons. The van der Waals surface area contributed by atoms with Gasteiger partial charge in [-0.05, 0) is 35.8 Å². The molecular weight excluding hydrogens is 254 g/mol. The molecule has 1 nitrogen and oxygen atoms in total. The zero-order valence-corrected chi connectivity index (χ0v) is 12.5. The molecule has 0 saturated heterocycles. The van der Waals surface area contributed by atoms with Gasteiger partial charge >= 0.3 is 0 Å². The molecule has 0 atom stereocenters. The third-order valence-corrected chi connectivity index (χ3v) is 4.66. The van der Waals surface area contributed by atoms with Crippen LogP contribution in [0.2, 0.25) is 0 Å². The van der Waals surface area contributed by atoms with Gasteiger partial charge in [0.25, 0.3) is 0 Å². The van der Waals surface area contributed by atoms with Crippen LogP contribution in [0, 0.1) is 0 Å². The van der Waals surface area contributed by atoms with Crippen LogP contribution in [0.3, 0.4) is 0 Å². The molecule has 0 aromatic heterocycles. The number of rotatable bonds is 1. The standard InChI is InChI=1S/C20H19N/c1-20(2)16-11-6-7-13-18(16)21(15-9-4-3-5-10-15)19-14-8-12-17(19)20/h3-7,9-14H,8H2,1-2H3. The molecule has 4 rings (SSSR count). The van der Waals surface area contributed by atoms with E-state index in [2.05, 4.69) is 85.5 Å². The van der Waals surface area contributed by atoms with E-state index in [1.165, 1.54) is 28.2 Å². The lowest BCUT2D eigenvalue weighted by Crippen LogP contribution is -2.34. The summed E-state index contributed by atoms with van der Waals surface area (Å²) < 4.78 is 0. The lowest BCUT2D eigenvalue weighted by Gasteiger charge is -2.43. The summed E-state index contributed by atoms with van der Waals surface area (Å²) in [5, 5.41) is 0. The third-order valence-electron chi connectivity index (χ3n) is 4.66. The maximum absolute atomic E-state index is 2.40. The number of hydrogen-bond acceptors (Lipinski definition) is 1. The molecule has 1 aliphatic heterocycles. The summed E-state index contributed by atoms with van der Waals surface area (Å²) in [5.74, 6) is 0. The Morgan fingerprint density at radius 1 is 0.857 bits per heavy atom. The average Bonchev–Trinajstić information content (AvgIpc) is 2.99. The fourth-order valence-corrected chi connectivity index (χ4v) is 3.62. The zero-order valence-electron chi connectivity index (χ0n) is 12.5. The maximum Gasteiger partial charge on any atom is 0.0502 e. The highest BCUT2D eigenvalue weighted by Gasteiger charge is 2.39. The van der Waals surface area contributed by atoms with Crippen molar-refractivity contribution >= 4 is 11.4 Å². The Morgan fingerprint density at radius 2 is 1.57 bits per heavy atom. The van der Waals surface area contributed by atoms with Crippen LogP contribution in [0.4, 0.5) is 11.4 Å². The monoisotopic (exact) mass is 273 g/mol. The summed E-state index contributed by atoms with van der Waals surface area (Å²) >= 11 is 0. The van der Waals surface area contributed by atoms with Gasteiger partial charge in [0, 0.05) is 16.8 Å². The summed E-state index contributed by atoms with van der Waals surface area (Å²) in [5.41, 5.74) is 6.82. The van der Waals surface area contributed by atoms with Crippen LogP contribution < -0.4 is 4.90 Å². The summed E-state index contributed by atoms with van der Waals surface area (Å²) in [6, 6.07) is 19.4. The van der Waals surface area contributed by atoms with E-state index < -0.39 is 0 Å². The smallest absolute Gasteiger partial charge is 0.0502 e. The van der Waals surface area contributed by atoms with Crippen LogP contribution in [0.15, 0.2) is 78.0 Å². The maximum atomic E-state index is 2.40. The van der Waals surface area contributed by atoms with Crippen LogP contribution in [-0.2, 0) is 5.41 Å². The first-order valence-electron chi connectivity index (χ1n) is 7.55. The Balaban J connectivity index is 2.01. The van der Waals surface area contributed by atoms with Crippen LogP contribution in [-0.4, -0.2) is 0 Å². The first-order valence-corrected chi connectivity index (χ1v) is 7.55. The SMILES string of the molecule is CC1(C)C2=CCC=C2N(c2ccccc2)c2ccccc21.